The maximum absolute atomic E-state index is 17.4. The standard InChI is InChI=1S/C70H56F4N2Si2/c1-77(2,3)57-33-29-55(30-34-57)75(69-61(41-53(71)43-63(69)73)49-21-17-47(18-22-49)45-13-9-7-10-14-45)65-39-27-51-26-38-60-66(40-28-52-25-37-59(65)67(51)68(52)60)76(56-31-35-58(36-32-56)78(4,5)6)70-62(42-54(72)44-64(70)74)50-23-19-48(20-24-50)46-15-11-8-12-16-46/h7-44H,1-6H3. The highest BCUT2D eigenvalue weighted by Crippen LogP contribution is 2.51. The normalized spacial score (nSPS) is 12.0. The number of hydrogen-bond donors (Lipinski definition) is 0. The van der Waals surface area contributed by atoms with Gasteiger partial charge in [0, 0.05) is 45.4 Å². The zero-order chi connectivity index (χ0) is 54.0. The number of anilines is 6. The molecule has 0 fully saturated rings. The largest absolute Gasteiger partial charge is 0.307 e. The molecule has 0 amide bonds. The molecule has 382 valence electrons. The average molecular weight is 1060 g/mol. The Kier molecular flexibility index (Phi) is 12.7. The monoisotopic (exact) mass is 1060 g/mol. The van der Waals surface area contributed by atoms with Crippen molar-refractivity contribution in [3.05, 3.63) is 254 Å². The Morgan fingerprint density at radius 1 is 0.308 bits per heavy atom. The van der Waals surface area contributed by atoms with Crippen molar-refractivity contribution in [3.8, 4) is 44.5 Å². The van der Waals surface area contributed by atoms with Crippen molar-refractivity contribution in [1.82, 2.24) is 0 Å². The molecule has 0 aliphatic carbocycles. The van der Waals surface area contributed by atoms with Crippen molar-refractivity contribution in [2.45, 2.75) is 39.3 Å². The van der Waals surface area contributed by atoms with Gasteiger partial charge in [0.25, 0.3) is 0 Å². The molecule has 0 bridgehead atoms. The van der Waals surface area contributed by atoms with Gasteiger partial charge in [-0.15, -0.1) is 0 Å². The highest BCUT2D eigenvalue weighted by molar-refractivity contribution is 6.89. The first-order chi connectivity index (χ1) is 37.6. The van der Waals surface area contributed by atoms with Crippen molar-refractivity contribution in [3.63, 3.8) is 0 Å². The third-order valence-electron chi connectivity index (χ3n) is 15.2. The summed E-state index contributed by atoms with van der Waals surface area (Å²) in [5.41, 5.74) is 9.41. The van der Waals surface area contributed by atoms with E-state index < -0.39 is 39.4 Å². The van der Waals surface area contributed by atoms with Gasteiger partial charge in [-0.1, -0.05) is 220 Å². The van der Waals surface area contributed by atoms with Gasteiger partial charge in [0.15, 0.2) is 11.6 Å². The molecule has 0 unspecified atom stereocenters. The summed E-state index contributed by atoms with van der Waals surface area (Å²) in [6.07, 6.45) is 0. The van der Waals surface area contributed by atoms with Gasteiger partial charge in [0.2, 0.25) is 0 Å². The third-order valence-corrected chi connectivity index (χ3v) is 19.3. The smallest absolute Gasteiger partial charge is 0.150 e. The number of nitrogens with zero attached hydrogens (tertiary/aromatic N) is 2. The number of hydrogen-bond acceptors (Lipinski definition) is 2. The maximum Gasteiger partial charge on any atom is 0.150 e. The lowest BCUT2D eigenvalue weighted by atomic mass is 9.91. The van der Waals surface area contributed by atoms with Gasteiger partial charge in [-0.25, -0.2) is 17.6 Å². The molecule has 2 nitrogen and oxygen atoms in total. The summed E-state index contributed by atoms with van der Waals surface area (Å²) in [6.45, 7) is 13.8. The van der Waals surface area contributed by atoms with Gasteiger partial charge >= 0.3 is 0 Å². The van der Waals surface area contributed by atoms with Crippen molar-refractivity contribution < 1.29 is 17.6 Å². The quantitative estimate of drug-likeness (QED) is 0.0683. The fraction of sp³-hybridized carbons (Fsp3) is 0.0857. The molecule has 78 heavy (non-hydrogen) atoms. The highest BCUT2D eigenvalue weighted by atomic mass is 28.3. The Morgan fingerprint density at radius 2 is 0.628 bits per heavy atom. The lowest BCUT2D eigenvalue weighted by molar-refractivity contribution is 0.584. The van der Waals surface area contributed by atoms with E-state index in [2.05, 4.69) is 99.9 Å². The third kappa shape index (κ3) is 9.24. The van der Waals surface area contributed by atoms with Crippen LogP contribution in [0.15, 0.2) is 231 Å². The van der Waals surface area contributed by atoms with E-state index in [9.17, 15) is 0 Å². The summed E-state index contributed by atoms with van der Waals surface area (Å²) in [6, 6.07) is 73.8. The van der Waals surface area contributed by atoms with E-state index in [1.807, 2.05) is 155 Å². The molecule has 0 saturated carbocycles. The molecular formula is C70H56F4N2Si2. The predicted molar refractivity (Wildman–Crippen MR) is 327 cm³/mol. The first kappa shape index (κ1) is 50.3. The van der Waals surface area contributed by atoms with Gasteiger partial charge in [-0.2, -0.15) is 0 Å². The summed E-state index contributed by atoms with van der Waals surface area (Å²) >= 11 is 0. The Balaban J connectivity index is 1.09. The number of halogens is 4. The molecule has 0 saturated heterocycles. The van der Waals surface area contributed by atoms with Crippen molar-refractivity contribution >= 4 is 93.0 Å². The second kappa shape index (κ2) is 19.8. The van der Waals surface area contributed by atoms with E-state index >= 15 is 17.6 Å². The van der Waals surface area contributed by atoms with Crippen LogP contribution in [-0.4, -0.2) is 16.1 Å². The summed E-state index contributed by atoms with van der Waals surface area (Å²) in [7, 11) is -3.52. The van der Waals surface area contributed by atoms with Gasteiger partial charge in [0.05, 0.1) is 38.9 Å². The first-order valence-electron chi connectivity index (χ1n) is 26.4. The van der Waals surface area contributed by atoms with Crippen LogP contribution in [0, 0.1) is 23.3 Å². The predicted octanol–water partition coefficient (Wildman–Crippen LogP) is 19.8. The van der Waals surface area contributed by atoms with E-state index in [1.54, 1.807) is 0 Å². The van der Waals surface area contributed by atoms with Crippen molar-refractivity contribution in [2.75, 3.05) is 9.80 Å². The fourth-order valence-corrected chi connectivity index (χ4v) is 13.5. The Hall–Kier alpha value is -8.57. The number of rotatable bonds is 12. The second-order valence-electron chi connectivity index (χ2n) is 22.3. The average Bonchev–Trinajstić information content (AvgIpc) is 3.64. The van der Waals surface area contributed by atoms with Gasteiger partial charge < -0.3 is 9.80 Å². The van der Waals surface area contributed by atoms with Crippen LogP contribution >= 0.6 is 0 Å². The minimum Gasteiger partial charge on any atom is -0.307 e. The Bertz CT molecular complexity index is 3900. The lowest BCUT2D eigenvalue weighted by Gasteiger charge is -2.32. The summed E-state index contributed by atoms with van der Waals surface area (Å²) in [5.74, 6) is -2.77. The first-order valence-corrected chi connectivity index (χ1v) is 33.4. The summed E-state index contributed by atoms with van der Waals surface area (Å²) in [5, 5.41) is 7.92. The van der Waals surface area contributed by atoms with Crippen LogP contribution in [0.3, 0.4) is 0 Å². The minimum atomic E-state index is -1.76. The van der Waals surface area contributed by atoms with Crippen LogP contribution in [0.2, 0.25) is 39.3 Å². The van der Waals surface area contributed by atoms with Crippen molar-refractivity contribution in [2.24, 2.45) is 0 Å². The van der Waals surface area contributed by atoms with E-state index in [-0.39, 0.29) is 11.4 Å². The van der Waals surface area contributed by atoms with Crippen LogP contribution < -0.4 is 20.2 Å². The second-order valence-corrected chi connectivity index (χ2v) is 32.5. The topological polar surface area (TPSA) is 6.48 Å². The molecule has 12 aromatic carbocycles. The molecule has 0 aromatic heterocycles. The molecule has 0 spiro atoms. The van der Waals surface area contributed by atoms with E-state index in [0.717, 1.165) is 66.7 Å². The number of benzene rings is 12. The minimum absolute atomic E-state index is 0.212. The van der Waals surface area contributed by atoms with E-state index in [0.29, 0.717) is 45.0 Å². The molecule has 0 N–H and O–H groups in total. The molecular weight excluding hydrogens is 1000 g/mol. The SMILES string of the molecule is C[Si](C)(C)c1ccc(N(c2c(F)cc(F)cc2-c2ccc(-c3ccccc3)cc2)c2ccc3ccc4c(N(c5ccc([Si](C)(C)C)cc5)c5c(F)cc(F)cc5-c5ccc(-c6ccccc6)cc5)ccc5ccc2c3c54)cc1. The van der Waals surface area contributed by atoms with Gasteiger partial charge in [0.1, 0.15) is 11.6 Å². The molecule has 0 aliphatic rings. The van der Waals surface area contributed by atoms with E-state index in [1.165, 1.54) is 22.5 Å². The zero-order valence-electron chi connectivity index (χ0n) is 44.3. The lowest BCUT2D eigenvalue weighted by Crippen LogP contribution is -2.37. The maximum atomic E-state index is 17.4. The van der Waals surface area contributed by atoms with Crippen LogP contribution in [0.1, 0.15) is 0 Å². The molecule has 0 heterocycles. The summed E-state index contributed by atoms with van der Waals surface area (Å²) < 4.78 is 66.3. The van der Waals surface area contributed by atoms with Crippen LogP contribution in [0.5, 0.6) is 0 Å². The highest BCUT2D eigenvalue weighted by Gasteiger charge is 2.29. The molecule has 12 aromatic rings. The van der Waals surface area contributed by atoms with E-state index in [4.69, 9.17) is 0 Å². The van der Waals surface area contributed by atoms with Crippen LogP contribution in [0.4, 0.5) is 51.7 Å². The van der Waals surface area contributed by atoms with Crippen LogP contribution in [-0.2, 0) is 0 Å². The molecule has 8 heteroatoms. The summed E-state index contributed by atoms with van der Waals surface area (Å²) in [4.78, 5) is 3.87. The molecule has 12 rings (SSSR count). The Morgan fingerprint density at radius 3 is 0.974 bits per heavy atom. The molecule has 0 aliphatic heterocycles. The zero-order valence-corrected chi connectivity index (χ0v) is 46.3. The fourth-order valence-electron chi connectivity index (χ4n) is 11.1. The van der Waals surface area contributed by atoms with Gasteiger partial charge in [-0.3, -0.25) is 0 Å². The molecule has 0 atom stereocenters. The van der Waals surface area contributed by atoms with Crippen LogP contribution in [0.25, 0.3) is 76.8 Å². The Labute approximate surface area is 455 Å². The van der Waals surface area contributed by atoms with Gasteiger partial charge in [-0.05, 0) is 103 Å². The van der Waals surface area contributed by atoms with Crippen molar-refractivity contribution in [1.29, 1.82) is 0 Å². The molecule has 0 radical (unpaired) electrons.